The molecule has 0 saturated carbocycles. The Bertz CT molecular complexity index is 179. The summed E-state index contributed by atoms with van der Waals surface area (Å²) in [6.07, 6.45) is 8.66. The van der Waals surface area contributed by atoms with Crippen LogP contribution in [0, 0.1) is 12.3 Å². The van der Waals surface area contributed by atoms with E-state index in [0.29, 0.717) is 19.8 Å². The molecule has 0 rings (SSSR count). The Labute approximate surface area is 99.5 Å². The van der Waals surface area contributed by atoms with Gasteiger partial charge in [0.1, 0.15) is 0 Å². The van der Waals surface area contributed by atoms with Gasteiger partial charge in [-0.05, 0) is 33.6 Å². The van der Waals surface area contributed by atoms with Crippen molar-refractivity contribution in [2.45, 2.75) is 52.4 Å². The van der Waals surface area contributed by atoms with Gasteiger partial charge in [0.15, 0.2) is 0 Å². The summed E-state index contributed by atoms with van der Waals surface area (Å²) in [6.45, 7) is 7.55. The second kappa shape index (κ2) is 9.65. The molecule has 0 aliphatic heterocycles. The van der Waals surface area contributed by atoms with Gasteiger partial charge in [-0.1, -0.05) is 0 Å². The summed E-state index contributed by atoms with van der Waals surface area (Å²) in [6, 6.07) is 0. The SMILES string of the molecule is C#CCCCCC(OCC)(OCC)OCC. The number of terminal acetylenes is 1. The molecular formula is C13H24O3. The van der Waals surface area contributed by atoms with Crippen molar-refractivity contribution in [3.8, 4) is 12.3 Å². The summed E-state index contributed by atoms with van der Waals surface area (Å²) in [5.41, 5.74) is 0. The van der Waals surface area contributed by atoms with Crippen LogP contribution in [0.2, 0.25) is 0 Å². The first-order chi connectivity index (χ1) is 7.74. The van der Waals surface area contributed by atoms with Crippen LogP contribution in [-0.2, 0) is 14.2 Å². The maximum absolute atomic E-state index is 5.59. The van der Waals surface area contributed by atoms with Crippen molar-refractivity contribution in [2.24, 2.45) is 0 Å². The molecule has 3 nitrogen and oxygen atoms in total. The summed E-state index contributed by atoms with van der Waals surface area (Å²) in [7, 11) is 0. The van der Waals surface area contributed by atoms with E-state index >= 15 is 0 Å². The van der Waals surface area contributed by atoms with Gasteiger partial charge in [-0.2, -0.15) is 0 Å². The van der Waals surface area contributed by atoms with E-state index in [1.807, 2.05) is 20.8 Å². The Morgan fingerprint density at radius 2 is 1.44 bits per heavy atom. The highest BCUT2D eigenvalue weighted by molar-refractivity contribution is 4.83. The molecule has 3 heteroatoms. The fraction of sp³-hybridized carbons (Fsp3) is 0.846. The van der Waals surface area contributed by atoms with Crippen molar-refractivity contribution in [3.05, 3.63) is 0 Å². The number of hydrogen-bond donors (Lipinski definition) is 0. The highest BCUT2D eigenvalue weighted by atomic mass is 16.9. The van der Waals surface area contributed by atoms with E-state index in [9.17, 15) is 0 Å². The molecular weight excluding hydrogens is 204 g/mol. The van der Waals surface area contributed by atoms with Crippen molar-refractivity contribution >= 4 is 0 Å². The highest BCUT2D eigenvalue weighted by Gasteiger charge is 2.31. The van der Waals surface area contributed by atoms with E-state index < -0.39 is 5.97 Å². The first-order valence-electron chi connectivity index (χ1n) is 6.10. The quantitative estimate of drug-likeness (QED) is 0.327. The standard InChI is InChI=1S/C13H24O3/c1-5-9-10-11-12-13(14-6-2,15-7-3)16-8-4/h1H,6-12H2,2-4H3. The van der Waals surface area contributed by atoms with E-state index in [-0.39, 0.29) is 0 Å². The van der Waals surface area contributed by atoms with Crippen LogP contribution in [0.25, 0.3) is 0 Å². The van der Waals surface area contributed by atoms with Crippen LogP contribution in [0.3, 0.4) is 0 Å². The van der Waals surface area contributed by atoms with Crippen molar-refractivity contribution < 1.29 is 14.2 Å². The third kappa shape index (κ3) is 6.12. The fourth-order valence-electron chi connectivity index (χ4n) is 1.57. The Balaban J connectivity index is 4.18. The summed E-state index contributed by atoms with van der Waals surface area (Å²) in [5, 5.41) is 0. The van der Waals surface area contributed by atoms with E-state index in [4.69, 9.17) is 20.6 Å². The lowest BCUT2D eigenvalue weighted by atomic mass is 10.2. The van der Waals surface area contributed by atoms with Crippen LogP contribution < -0.4 is 0 Å². The Hall–Kier alpha value is -0.560. The molecule has 0 spiro atoms. The van der Waals surface area contributed by atoms with Crippen LogP contribution in [-0.4, -0.2) is 25.8 Å². The van der Waals surface area contributed by atoms with Gasteiger partial charge in [0.25, 0.3) is 5.97 Å². The topological polar surface area (TPSA) is 27.7 Å². The second-order valence-corrected chi connectivity index (χ2v) is 3.39. The predicted molar refractivity (Wildman–Crippen MR) is 64.9 cm³/mol. The number of ether oxygens (including phenoxy) is 3. The molecule has 0 aromatic carbocycles. The first-order valence-corrected chi connectivity index (χ1v) is 6.10. The van der Waals surface area contributed by atoms with Gasteiger partial charge in [0.2, 0.25) is 0 Å². The fourth-order valence-corrected chi connectivity index (χ4v) is 1.57. The molecule has 16 heavy (non-hydrogen) atoms. The monoisotopic (exact) mass is 228 g/mol. The molecule has 0 amide bonds. The zero-order valence-electron chi connectivity index (χ0n) is 10.8. The van der Waals surface area contributed by atoms with Crippen LogP contribution in [0.15, 0.2) is 0 Å². The van der Waals surface area contributed by atoms with Gasteiger partial charge >= 0.3 is 0 Å². The zero-order valence-corrected chi connectivity index (χ0v) is 10.8. The molecule has 0 atom stereocenters. The van der Waals surface area contributed by atoms with Crippen LogP contribution in [0.5, 0.6) is 0 Å². The Kier molecular flexibility index (Phi) is 9.31. The maximum atomic E-state index is 5.59. The van der Waals surface area contributed by atoms with E-state index in [0.717, 1.165) is 25.7 Å². The van der Waals surface area contributed by atoms with Gasteiger partial charge < -0.3 is 14.2 Å². The average molecular weight is 228 g/mol. The zero-order chi connectivity index (χ0) is 12.3. The summed E-state index contributed by atoms with van der Waals surface area (Å²) >= 11 is 0. The number of unbranched alkanes of at least 4 members (excludes halogenated alkanes) is 2. The predicted octanol–water partition coefficient (Wildman–Crippen LogP) is 2.94. The molecule has 0 unspecified atom stereocenters. The minimum absolute atomic E-state index is 0.579. The van der Waals surface area contributed by atoms with Crippen molar-refractivity contribution in [2.75, 3.05) is 19.8 Å². The minimum Gasteiger partial charge on any atom is -0.328 e. The molecule has 0 radical (unpaired) electrons. The average Bonchev–Trinajstić information content (AvgIpc) is 2.26. The van der Waals surface area contributed by atoms with Crippen molar-refractivity contribution in [1.29, 1.82) is 0 Å². The molecule has 0 fully saturated rings. The third-order valence-corrected chi connectivity index (χ3v) is 2.15. The van der Waals surface area contributed by atoms with Crippen molar-refractivity contribution in [1.82, 2.24) is 0 Å². The van der Waals surface area contributed by atoms with Crippen LogP contribution in [0.1, 0.15) is 46.5 Å². The highest BCUT2D eigenvalue weighted by Crippen LogP contribution is 2.23. The number of rotatable bonds is 10. The lowest BCUT2D eigenvalue weighted by Gasteiger charge is -2.32. The largest absolute Gasteiger partial charge is 0.328 e. The summed E-state index contributed by atoms with van der Waals surface area (Å²) < 4.78 is 16.8. The molecule has 0 bridgehead atoms. The Morgan fingerprint density at radius 1 is 0.938 bits per heavy atom. The van der Waals surface area contributed by atoms with Gasteiger partial charge in [-0.25, -0.2) is 0 Å². The molecule has 0 saturated heterocycles. The second-order valence-electron chi connectivity index (χ2n) is 3.39. The van der Waals surface area contributed by atoms with Crippen LogP contribution in [0.4, 0.5) is 0 Å². The first kappa shape index (κ1) is 15.4. The molecule has 0 aliphatic rings. The number of hydrogen-bond acceptors (Lipinski definition) is 3. The van der Waals surface area contributed by atoms with E-state index in [2.05, 4.69) is 5.92 Å². The molecule has 0 aromatic rings. The van der Waals surface area contributed by atoms with E-state index in [1.54, 1.807) is 0 Å². The van der Waals surface area contributed by atoms with Gasteiger partial charge in [0.05, 0.1) is 0 Å². The van der Waals surface area contributed by atoms with Gasteiger partial charge in [0, 0.05) is 32.7 Å². The molecule has 0 aromatic heterocycles. The van der Waals surface area contributed by atoms with E-state index in [1.165, 1.54) is 0 Å². The van der Waals surface area contributed by atoms with Crippen molar-refractivity contribution in [3.63, 3.8) is 0 Å². The molecule has 0 aliphatic carbocycles. The summed E-state index contributed by atoms with van der Waals surface area (Å²) in [5.74, 6) is 1.76. The third-order valence-electron chi connectivity index (χ3n) is 2.15. The normalized spacial score (nSPS) is 11.4. The van der Waals surface area contributed by atoms with Gasteiger partial charge in [-0.3, -0.25) is 0 Å². The molecule has 0 heterocycles. The minimum atomic E-state index is -0.868. The molecule has 94 valence electrons. The smallest absolute Gasteiger partial charge is 0.282 e. The van der Waals surface area contributed by atoms with Crippen LogP contribution >= 0.6 is 0 Å². The maximum Gasteiger partial charge on any atom is 0.282 e. The summed E-state index contributed by atoms with van der Waals surface area (Å²) in [4.78, 5) is 0. The molecule has 0 N–H and O–H groups in total. The lowest BCUT2D eigenvalue weighted by Crippen LogP contribution is -2.39. The Morgan fingerprint density at radius 3 is 1.81 bits per heavy atom. The van der Waals surface area contributed by atoms with Gasteiger partial charge in [-0.15, -0.1) is 12.3 Å². The lowest BCUT2D eigenvalue weighted by molar-refractivity contribution is -0.380.